The molecule has 0 spiro atoms. The van der Waals surface area contributed by atoms with Crippen molar-refractivity contribution in [1.82, 2.24) is 0 Å². The Morgan fingerprint density at radius 1 is 0.810 bits per heavy atom. The Balaban J connectivity index is 1.89. The van der Waals surface area contributed by atoms with Crippen LogP contribution in [0.3, 0.4) is 0 Å². The van der Waals surface area contributed by atoms with Gasteiger partial charge >= 0.3 is 0 Å². The van der Waals surface area contributed by atoms with E-state index in [-0.39, 0.29) is 0 Å². The van der Waals surface area contributed by atoms with Gasteiger partial charge in [-0.1, -0.05) is 69.7 Å². The Morgan fingerprint density at radius 2 is 1.33 bits per heavy atom. The largest absolute Gasteiger partial charge is 0.494 e. The van der Waals surface area contributed by atoms with Gasteiger partial charge in [-0.25, -0.2) is 0 Å². The van der Waals surface area contributed by atoms with E-state index in [1.807, 2.05) is 30.3 Å². The van der Waals surface area contributed by atoms with Crippen LogP contribution >= 0.6 is 0 Å². The van der Waals surface area contributed by atoms with Gasteiger partial charge in [-0.15, -0.1) is 0 Å². The van der Waals surface area contributed by atoms with E-state index in [4.69, 9.17) is 9.84 Å². The van der Waals surface area contributed by atoms with Crippen molar-refractivity contribution in [3.05, 3.63) is 36.4 Å². The lowest BCUT2D eigenvalue weighted by atomic mass is 10.1. The second-order valence-corrected chi connectivity index (χ2v) is 5.53. The highest BCUT2D eigenvalue weighted by molar-refractivity contribution is 5.48. The second-order valence-electron chi connectivity index (χ2n) is 5.53. The molecule has 21 heavy (non-hydrogen) atoms. The molecular formula is C19H30O2. The molecule has 0 bridgehead atoms. The molecule has 0 saturated carbocycles. The molecule has 1 aromatic carbocycles. The lowest BCUT2D eigenvalue weighted by Gasteiger charge is -2.06. The molecule has 2 heteroatoms. The quantitative estimate of drug-likeness (QED) is 0.505. The number of aliphatic hydroxyl groups excluding tert-OH is 1. The number of benzene rings is 1. The number of rotatable bonds is 13. The van der Waals surface area contributed by atoms with Crippen LogP contribution in [0.25, 0.3) is 6.08 Å². The zero-order chi connectivity index (χ0) is 15.2. The molecule has 0 radical (unpaired) electrons. The van der Waals surface area contributed by atoms with Gasteiger partial charge < -0.3 is 9.84 Å². The number of hydrogen-bond donors (Lipinski definition) is 1. The second kappa shape index (κ2) is 12.5. The van der Waals surface area contributed by atoms with E-state index in [2.05, 4.69) is 6.58 Å². The Hall–Kier alpha value is -1.28. The molecular weight excluding hydrogens is 260 g/mol. The van der Waals surface area contributed by atoms with Crippen molar-refractivity contribution < 1.29 is 9.84 Å². The molecule has 0 heterocycles. The summed E-state index contributed by atoms with van der Waals surface area (Å²) in [5.74, 6) is 0.949. The van der Waals surface area contributed by atoms with Crippen LogP contribution < -0.4 is 4.74 Å². The maximum atomic E-state index is 8.68. The van der Waals surface area contributed by atoms with Crippen LogP contribution in [0.15, 0.2) is 30.8 Å². The average molecular weight is 290 g/mol. The molecule has 1 aromatic rings. The number of ether oxygens (including phenoxy) is 1. The van der Waals surface area contributed by atoms with Crippen molar-refractivity contribution in [2.45, 2.75) is 57.8 Å². The summed E-state index contributed by atoms with van der Waals surface area (Å²) in [5.41, 5.74) is 1.13. The van der Waals surface area contributed by atoms with Crippen molar-refractivity contribution in [2.75, 3.05) is 13.2 Å². The fourth-order valence-corrected chi connectivity index (χ4v) is 2.34. The van der Waals surface area contributed by atoms with Crippen LogP contribution in [0, 0.1) is 0 Å². The third-order valence-corrected chi connectivity index (χ3v) is 3.69. The van der Waals surface area contributed by atoms with Crippen molar-refractivity contribution in [1.29, 1.82) is 0 Å². The predicted molar refractivity (Wildman–Crippen MR) is 90.7 cm³/mol. The molecule has 0 aliphatic heterocycles. The fourth-order valence-electron chi connectivity index (χ4n) is 2.34. The van der Waals surface area contributed by atoms with E-state index >= 15 is 0 Å². The zero-order valence-corrected chi connectivity index (χ0v) is 13.2. The molecule has 118 valence electrons. The summed E-state index contributed by atoms with van der Waals surface area (Å²) in [5, 5.41) is 8.68. The highest BCUT2D eigenvalue weighted by Gasteiger charge is 1.95. The van der Waals surface area contributed by atoms with Crippen LogP contribution in [0.4, 0.5) is 0 Å². The summed E-state index contributed by atoms with van der Waals surface area (Å²) < 4.78 is 5.72. The first-order valence-electron chi connectivity index (χ1n) is 8.33. The van der Waals surface area contributed by atoms with Gasteiger partial charge in [0.25, 0.3) is 0 Å². The summed E-state index contributed by atoms with van der Waals surface area (Å²) >= 11 is 0. The third-order valence-electron chi connectivity index (χ3n) is 3.69. The van der Waals surface area contributed by atoms with Crippen LogP contribution in [0.5, 0.6) is 5.75 Å². The molecule has 0 saturated heterocycles. The van der Waals surface area contributed by atoms with E-state index in [1.54, 1.807) is 0 Å². The minimum atomic E-state index is 0.344. The van der Waals surface area contributed by atoms with Crippen LogP contribution in [0.2, 0.25) is 0 Å². The standard InChI is InChI=1S/C19H30O2/c1-2-18-12-14-19(15-13-18)21-17-11-9-7-5-3-4-6-8-10-16-20/h2,12-15,20H,1,3-11,16-17H2. The summed E-state index contributed by atoms with van der Waals surface area (Å²) in [6, 6.07) is 8.06. The fraction of sp³-hybridized carbons (Fsp3) is 0.579. The minimum absolute atomic E-state index is 0.344. The molecule has 0 aromatic heterocycles. The van der Waals surface area contributed by atoms with Crippen molar-refractivity contribution in [3.63, 3.8) is 0 Å². The van der Waals surface area contributed by atoms with Crippen molar-refractivity contribution in [2.24, 2.45) is 0 Å². The molecule has 0 amide bonds. The van der Waals surface area contributed by atoms with Gasteiger partial charge in [0.15, 0.2) is 0 Å². The first-order chi connectivity index (χ1) is 10.4. The molecule has 0 aliphatic rings. The normalized spacial score (nSPS) is 10.5. The minimum Gasteiger partial charge on any atom is -0.494 e. The molecule has 0 unspecified atom stereocenters. The Kier molecular flexibility index (Phi) is 10.5. The first kappa shape index (κ1) is 17.8. The predicted octanol–water partition coefficient (Wildman–Crippen LogP) is 5.21. The van der Waals surface area contributed by atoms with Crippen molar-refractivity contribution >= 4 is 6.08 Å². The number of unbranched alkanes of at least 4 members (excludes halogenated alkanes) is 8. The Morgan fingerprint density at radius 3 is 1.86 bits per heavy atom. The molecule has 1 N–H and O–H groups in total. The van der Waals surface area contributed by atoms with Crippen LogP contribution in [-0.4, -0.2) is 18.3 Å². The lowest BCUT2D eigenvalue weighted by Crippen LogP contribution is -1.97. The maximum Gasteiger partial charge on any atom is 0.119 e. The number of aliphatic hydroxyl groups is 1. The van der Waals surface area contributed by atoms with E-state index in [1.165, 1.54) is 44.9 Å². The summed E-state index contributed by atoms with van der Waals surface area (Å²) in [6.07, 6.45) is 12.9. The molecule has 0 atom stereocenters. The Labute approximate surface area is 129 Å². The topological polar surface area (TPSA) is 29.5 Å². The number of hydrogen-bond acceptors (Lipinski definition) is 2. The monoisotopic (exact) mass is 290 g/mol. The third kappa shape index (κ3) is 9.30. The van der Waals surface area contributed by atoms with E-state index < -0.39 is 0 Å². The molecule has 2 nitrogen and oxygen atoms in total. The highest BCUT2D eigenvalue weighted by atomic mass is 16.5. The zero-order valence-electron chi connectivity index (χ0n) is 13.2. The van der Waals surface area contributed by atoms with Crippen LogP contribution in [0.1, 0.15) is 63.4 Å². The van der Waals surface area contributed by atoms with Gasteiger partial charge in [0.2, 0.25) is 0 Å². The van der Waals surface area contributed by atoms with Gasteiger partial charge in [-0.3, -0.25) is 0 Å². The van der Waals surface area contributed by atoms with Gasteiger partial charge in [0, 0.05) is 6.61 Å². The molecule has 1 rings (SSSR count). The van der Waals surface area contributed by atoms with Crippen molar-refractivity contribution in [3.8, 4) is 5.75 Å². The van der Waals surface area contributed by atoms with Gasteiger partial charge in [-0.2, -0.15) is 0 Å². The summed E-state index contributed by atoms with van der Waals surface area (Å²) in [4.78, 5) is 0. The molecule has 0 fully saturated rings. The van der Waals surface area contributed by atoms with Gasteiger partial charge in [-0.05, 0) is 30.5 Å². The SMILES string of the molecule is C=Cc1ccc(OCCCCCCCCCCCO)cc1. The average Bonchev–Trinajstić information content (AvgIpc) is 2.53. The van der Waals surface area contributed by atoms with E-state index in [0.29, 0.717) is 6.61 Å². The smallest absolute Gasteiger partial charge is 0.119 e. The van der Waals surface area contributed by atoms with Gasteiger partial charge in [0.05, 0.1) is 6.61 Å². The highest BCUT2D eigenvalue weighted by Crippen LogP contribution is 2.14. The van der Waals surface area contributed by atoms with E-state index in [0.717, 1.165) is 30.8 Å². The van der Waals surface area contributed by atoms with Gasteiger partial charge in [0.1, 0.15) is 5.75 Å². The Bertz CT molecular complexity index is 356. The van der Waals surface area contributed by atoms with E-state index in [9.17, 15) is 0 Å². The van der Waals surface area contributed by atoms with Crippen LogP contribution in [-0.2, 0) is 0 Å². The summed E-state index contributed by atoms with van der Waals surface area (Å²) in [6.45, 7) is 4.89. The first-order valence-corrected chi connectivity index (χ1v) is 8.33. The maximum absolute atomic E-state index is 8.68. The molecule has 0 aliphatic carbocycles. The summed E-state index contributed by atoms with van der Waals surface area (Å²) in [7, 11) is 0. The lowest BCUT2D eigenvalue weighted by molar-refractivity contribution is 0.282.